The Morgan fingerprint density at radius 3 is 1.93 bits per heavy atom. The quantitative estimate of drug-likeness (QED) is 0.654. The second kappa shape index (κ2) is 4.21. The lowest BCUT2D eigenvalue weighted by Gasteiger charge is -2.33. The molecule has 0 saturated heterocycles. The van der Waals surface area contributed by atoms with Crippen LogP contribution in [0.5, 0.6) is 0 Å². The van der Waals surface area contributed by atoms with Gasteiger partial charge in [0, 0.05) is 0 Å². The largest absolute Gasteiger partial charge is 0.469 e. The zero-order valence-electron chi connectivity index (χ0n) is 9.70. The second-order valence-corrected chi connectivity index (χ2v) is 4.92. The van der Waals surface area contributed by atoms with E-state index in [0.29, 0.717) is 12.8 Å². The van der Waals surface area contributed by atoms with Gasteiger partial charge in [-0.3, -0.25) is 9.59 Å². The maximum atomic E-state index is 11.5. The first kappa shape index (κ1) is 12.0. The Morgan fingerprint density at radius 2 is 1.53 bits per heavy atom. The molecule has 0 radical (unpaired) electrons. The molecular formula is C11H18O4. The average molecular weight is 214 g/mol. The molecule has 0 unspecified atom stereocenters. The number of esters is 2. The smallest absolute Gasteiger partial charge is 0.309 e. The summed E-state index contributed by atoms with van der Waals surface area (Å²) in [5.74, 6) is -0.682. The van der Waals surface area contributed by atoms with Crippen molar-refractivity contribution in [2.24, 2.45) is 11.8 Å². The second-order valence-electron chi connectivity index (χ2n) is 4.92. The molecule has 1 rings (SSSR count). The molecule has 15 heavy (non-hydrogen) atoms. The van der Waals surface area contributed by atoms with Gasteiger partial charge in [0.2, 0.25) is 0 Å². The van der Waals surface area contributed by atoms with Crippen LogP contribution >= 0.6 is 0 Å². The number of hydrogen-bond donors (Lipinski definition) is 0. The van der Waals surface area contributed by atoms with Crippen molar-refractivity contribution in [2.75, 3.05) is 7.11 Å². The number of rotatable bonds is 2. The van der Waals surface area contributed by atoms with Gasteiger partial charge in [-0.2, -0.15) is 0 Å². The molecular weight excluding hydrogens is 196 g/mol. The third kappa shape index (κ3) is 3.22. The summed E-state index contributed by atoms with van der Waals surface area (Å²) >= 11 is 0. The highest BCUT2D eigenvalue weighted by Gasteiger charge is 2.41. The first-order valence-corrected chi connectivity index (χ1v) is 5.14. The van der Waals surface area contributed by atoms with Crippen LogP contribution in [-0.2, 0) is 19.1 Å². The minimum Gasteiger partial charge on any atom is -0.469 e. The first-order chi connectivity index (χ1) is 6.83. The summed E-state index contributed by atoms with van der Waals surface area (Å²) in [6.07, 6.45) is 1.11. The molecule has 0 aliphatic heterocycles. The standard InChI is InChI=1S/C11H18O4/c1-11(2,3)15-10(13)8-5-7(6-8)9(12)14-4/h7-8H,5-6H2,1-4H3/t7-,8-. The van der Waals surface area contributed by atoms with Crippen molar-refractivity contribution < 1.29 is 19.1 Å². The van der Waals surface area contributed by atoms with E-state index in [1.165, 1.54) is 7.11 Å². The van der Waals surface area contributed by atoms with E-state index in [9.17, 15) is 9.59 Å². The van der Waals surface area contributed by atoms with E-state index in [4.69, 9.17) is 4.74 Å². The van der Waals surface area contributed by atoms with Crippen LogP contribution in [0.15, 0.2) is 0 Å². The van der Waals surface area contributed by atoms with Gasteiger partial charge in [0.05, 0.1) is 18.9 Å². The SMILES string of the molecule is COC(=O)[C@H]1C[C@H](C(=O)OC(C)(C)C)C1. The van der Waals surface area contributed by atoms with Crippen LogP contribution in [0.4, 0.5) is 0 Å². The zero-order valence-corrected chi connectivity index (χ0v) is 9.70. The Bertz CT molecular complexity index is 258. The molecule has 0 spiro atoms. The number of carbonyl (C=O) groups is 2. The Hall–Kier alpha value is -1.06. The average Bonchev–Trinajstić information content (AvgIpc) is 1.97. The summed E-state index contributed by atoms with van der Waals surface area (Å²) in [6.45, 7) is 5.50. The topological polar surface area (TPSA) is 52.6 Å². The van der Waals surface area contributed by atoms with Crippen LogP contribution in [0.3, 0.4) is 0 Å². The fourth-order valence-corrected chi connectivity index (χ4v) is 1.55. The lowest BCUT2D eigenvalue weighted by molar-refractivity contribution is -0.168. The molecule has 1 aliphatic rings. The van der Waals surface area contributed by atoms with Crippen molar-refractivity contribution in [3.63, 3.8) is 0 Å². The Labute approximate surface area is 89.9 Å². The summed E-state index contributed by atoms with van der Waals surface area (Å²) in [6, 6.07) is 0. The van der Waals surface area contributed by atoms with Gasteiger partial charge < -0.3 is 9.47 Å². The Balaban J connectivity index is 2.33. The van der Waals surface area contributed by atoms with E-state index in [1.807, 2.05) is 20.8 Å². The van der Waals surface area contributed by atoms with Gasteiger partial charge in [-0.25, -0.2) is 0 Å². The van der Waals surface area contributed by atoms with Crippen LogP contribution in [0, 0.1) is 11.8 Å². The van der Waals surface area contributed by atoms with Crippen molar-refractivity contribution >= 4 is 11.9 Å². The highest BCUT2D eigenvalue weighted by Crippen LogP contribution is 2.36. The lowest BCUT2D eigenvalue weighted by Crippen LogP contribution is -2.39. The van der Waals surface area contributed by atoms with Crippen LogP contribution in [0.25, 0.3) is 0 Å². The molecule has 0 aromatic carbocycles. The minimum absolute atomic E-state index is 0.118. The monoisotopic (exact) mass is 214 g/mol. The Morgan fingerprint density at radius 1 is 1.07 bits per heavy atom. The molecule has 0 aromatic rings. The maximum Gasteiger partial charge on any atom is 0.309 e. The predicted molar refractivity (Wildman–Crippen MR) is 54.1 cm³/mol. The molecule has 4 heteroatoms. The van der Waals surface area contributed by atoms with E-state index >= 15 is 0 Å². The molecule has 1 aliphatic carbocycles. The van der Waals surface area contributed by atoms with Gasteiger partial charge in [0.1, 0.15) is 5.60 Å². The maximum absolute atomic E-state index is 11.5. The summed E-state index contributed by atoms with van der Waals surface area (Å²) in [5, 5.41) is 0. The van der Waals surface area contributed by atoms with E-state index in [1.54, 1.807) is 0 Å². The third-order valence-electron chi connectivity index (χ3n) is 2.41. The normalized spacial score (nSPS) is 25.3. The van der Waals surface area contributed by atoms with E-state index in [-0.39, 0.29) is 23.8 Å². The summed E-state index contributed by atoms with van der Waals surface area (Å²) < 4.78 is 9.80. The number of hydrogen-bond acceptors (Lipinski definition) is 4. The van der Waals surface area contributed by atoms with Crippen molar-refractivity contribution in [2.45, 2.75) is 39.2 Å². The molecule has 1 fully saturated rings. The van der Waals surface area contributed by atoms with Crippen LogP contribution in [0.2, 0.25) is 0 Å². The summed E-state index contributed by atoms with van der Waals surface area (Å²) in [5.41, 5.74) is -0.451. The molecule has 1 saturated carbocycles. The minimum atomic E-state index is -0.451. The van der Waals surface area contributed by atoms with Gasteiger partial charge in [-0.15, -0.1) is 0 Å². The predicted octanol–water partition coefficient (Wildman–Crippen LogP) is 1.53. The molecule has 4 nitrogen and oxygen atoms in total. The van der Waals surface area contributed by atoms with Crippen molar-refractivity contribution in [1.29, 1.82) is 0 Å². The fourth-order valence-electron chi connectivity index (χ4n) is 1.55. The number of carbonyl (C=O) groups excluding carboxylic acids is 2. The van der Waals surface area contributed by atoms with Crippen molar-refractivity contribution in [1.82, 2.24) is 0 Å². The highest BCUT2D eigenvalue weighted by molar-refractivity contribution is 5.80. The van der Waals surface area contributed by atoms with Gasteiger partial charge in [-0.05, 0) is 33.6 Å². The Kier molecular flexibility index (Phi) is 3.37. The van der Waals surface area contributed by atoms with Crippen LogP contribution in [-0.4, -0.2) is 24.6 Å². The summed E-state index contributed by atoms with van der Waals surface area (Å²) in [4.78, 5) is 22.6. The highest BCUT2D eigenvalue weighted by atomic mass is 16.6. The van der Waals surface area contributed by atoms with E-state index in [0.717, 1.165) is 0 Å². The van der Waals surface area contributed by atoms with Crippen LogP contribution < -0.4 is 0 Å². The summed E-state index contributed by atoms with van der Waals surface area (Å²) in [7, 11) is 1.36. The first-order valence-electron chi connectivity index (χ1n) is 5.14. The molecule has 0 bridgehead atoms. The zero-order chi connectivity index (χ0) is 11.6. The number of methoxy groups -OCH3 is 1. The molecule has 0 amide bonds. The van der Waals surface area contributed by atoms with E-state index < -0.39 is 5.60 Å². The van der Waals surface area contributed by atoms with Gasteiger partial charge >= 0.3 is 11.9 Å². The molecule has 86 valence electrons. The fraction of sp³-hybridized carbons (Fsp3) is 0.818. The molecule has 0 aromatic heterocycles. The van der Waals surface area contributed by atoms with Gasteiger partial charge in [-0.1, -0.05) is 0 Å². The molecule has 0 N–H and O–H groups in total. The number of ether oxygens (including phenoxy) is 2. The molecule has 0 atom stereocenters. The van der Waals surface area contributed by atoms with Crippen molar-refractivity contribution in [3.8, 4) is 0 Å². The van der Waals surface area contributed by atoms with E-state index in [2.05, 4.69) is 4.74 Å². The molecule has 0 heterocycles. The van der Waals surface area contributed by atoms with Gasteiger partial charge in [0.25, 0.3) is 0 Å². The van der Waals surface area contributed by atoms with Gasteiger partial charge in [0.15, 0.2) is 0 Å². The lowest BCUT2D eigenvalue weighted by atomic mass is 9.75. The van der Waals surface area contributed by atoms with Crippen LogP contribution in [0.1, 0.15) is 33.6 Å². The third-order valence-corrected chi connectivity index (χ3v) is 2.41. The van der Waals surface area contributed by atoms with Crippen molar-refractivity contribution in [3.05, 3.63) is 0 Å².